The summed E-state index contributed by atoms with van der Waals surface area (Å²) in [6.07, 6.45) is -0.551. The van der Waals surface area contributed by atoms with Crippen molar-refractivity contribution in [3.05, 3.63) is 193 Å². The van der Waals surface area contributed by atoms with E-state index in [1.165, 1.54) is 63.6 Å². The lowest BCUT2D eigenvalue weighted by Crippen LogP contribution is -2.45. The van der Waals surface area contributed by atoms with Crippen LogP contribution in [0.5, 0.6) is 0 Å². The van der Waals surface area contributed by atoms with Gasteiger partial charge >= 0.3 is 0 Å². The summed E-state index contributed by atoms with van der Waals surface area (Å²) in [5, 5.41) is 20.0. The van der Waals surface area contributed by atoms with E-state index in [4.69, 9.17) is 9.41 Å². The molecule has 2 N–H and O–H groups in total. The van der Waals surface area contributed by atoms with Crippen molar-refractivity contribution in [2.45, 2.75) is 12.3 Å². The van der Waals surface area contributed by atoms with Gasteiger partial charge in [-0.2, -0.15) is 0 Å². The topological polar surface area (TPSA) is 49.6 Å². The molecule has 56 heavy (non-hydrogen) atoms. The van der Waals surface area contributed by atoms with Gasteiger partial charge in [-0.3, -0.25) is 5.32 Å². The molecule has 0 saturated heterocycles. The lowest BCUT2D eigenvalue weighted by Gasteiger charge is -2.33. The summed E-state index contributed by atoms with van der Waals surface area (Å²) in [6.45, 7) is 0. The van der Waals surface area contributed by atoms with E-state index in [0.29, 0.717) is 0 Å². The largest absolute Gasteiger partial charge is 0.456 e. The molecule has 1 aliphatic heterocycles. The summed E-state index contributed by atoms with van der Waals surface area (Å²) in [7, 11) is 0. The molecule has 0 bridgehead atoms. The van der Waals surface area contributed by atoms with Crippen LogP contribution in [0.3, 0.4) is 0 Å². The minimum absolute atomic E-state index is 0.209. The first kappa shape index (κ1) is 31.5. The van der Waals surface area contributed by atoms with E-state index >= 15 is 0 Å². The highest BCUT2D eigenvalue weighted by molar-refractivity contribution is 7.26. The van der Waals surface area contributed by atoms with Gasteiger partial charge in [-0.25, -0.2) is 4.99 Å². The number of amidine groups is 1. The van der Waals surface area contributed by atoms with E-state index in [1.54, 1.807) is 0 Å². The Morgan fingerprint density at radius 2 is 1.20 bits per heavy atom. The number of nitrogens with zero attached hydrogens (tertiary/aromatic N) is 1. The van der Waals surface area contributed by atoms with Crippen LogP contribution in [-0.4, -0.2) is 5.84 Å². The van der Waals surface area contributed by atoms with Gasteiger partial charge in [-0.05, 0) is 85.4 Å². The molecule has 0 amide bonds. The van der Waals surface area contributed by atoms with Gasteiger partial charge in [0, 0.05) is 42.1 Å². The van der Waals surface area contributed by atoms with E-state index in [2.05, 4.69) is 180 Å². The van der Waals surface area contributed by atoms with E-state index < -0.39 is 0 Å². The van der Waals surface area contributed by atoms with Gasteiger partial charge in [-0.1, -0.05) is 140 Å². The van der Waals surface area contributed by atoms with Crippen LogP contribution in [0.4, 0.5) is 0 Å². The van der Waals surface area contributed by atoms with Crippen LogP contribution >= 0.6 is 11.3 Å². The Morgan fingerprint density at radius 1 is 0.464 bits per heavy atom. The quantitative estimate of drug-likeness (QED) is 0.177. The molecule has 12 rings (SSSR count). The van der Waals surface area contributed by atoms with Gasteiger partial charge in [0.25, 0.3) is 0 Å². The van der Waals surface area contributed by atoms with Crippen molar-refractivity contribution in [2.24, 2.45) is 4.99 Å². The molecule has 5 heteroatoms. The smallest absolute Gasteiger partial charge is 0.136 e. The first-order chi connectivity index (χ1) is 27.7. The van der Waals surface area contributed by atoms with E-state index in [0.717, 1.165) is 44.5 Å². The summed E-state index contributed by atoms with van der Waals surface area (Å²) >= 11 is 1.86. The number of benzene rings is 9. The summed E-state index contributed by atoms with van der Waals surface area (Å²) in [4.78, 5) is 5.38. The van der Waals surface area contributed by atoms with Crippen molar-refractivity contribution in [3.63, 3.8) is 0 Å². The monoisotopic (exact) mass is 735 g/mol. The zero-order valence-electron chi connectivity index (χ0n) is 30.2. The van der Waals surface area contributed by atoms with Crippen LogP contribution < -0.4 is 10.6 Å². The lowest BCUT2D eigenvalue weighted by molar-refractivity contribution is 0.413. The molecule has 4 nitrogen and oxygen atoms in total. The number of furan rings is 1. The molecular weight excluding hydrogens is 703 g/mol. The summed E-state index contributed by atoms with van der Waals surface area (Å²) in [6, 6.07) is 63.1. The van der Waals surface area contributed by atoms with Crippen molar-refractivity contribution in [2.75, 3.05) is 0 Å². The van der Waals surface area contributed by atoms with Gasteiger partial charge in [0.1, 0.15) is 29.3 Å². The predicted molar refractivity (Wildman–Crippen MR) is 236 cm³/mol. The molecule has 11 aromatic rings. The Labute approximate surface area is 326 Å². The van der Waals surface area contributed by atoms with Gasteiger partial charge in [0.2, 0.25) is 0 Å². The van der Waals surface area contributed by atoms with E-state index in [9.17, 15) is 0 Å². The van der Waals surface area contributed by atoms with Crippen LogP contribution in [0.15, 0.2) is 185 Å². The molecular formula is C51H33N3OS. The fourth-order valence-electron chi connectivity index (χ4n) is 9.02. The molecule has 3 heterocycles. The minimum Gasteiger partial charge on any atom is -0.456 e. The van der Waals surface area contributed by atoms with E-state index in [-0.39, 0.29) is 12.3 Å². The van der Waals surface area contributed by atoms with Gasteiger partial charge in [0.15, 0.2) is 0 Å². The molecule has 264 valence electrons. The number of rotatable bonds is 4. The van der Waals surface area contributed by atoms with Crippen LogP contribution in [0.2, 0.25) is 0 Å². The molecule has 0 fully saturated rings. The number of hydrogen-bond acceptors (Lipinski definition) is 5. The fourth-order valence-corrected chi connectivity index (χ4v) is 10.2. The Hall–Kier alpha value is -6.79. The molecule has 0 aliphatic carbocycles. The molecule has 1 unspecified atom stereocenters. The molecule has 9 aromatic carbocycles. The second kappa shape index (κ2) is 12.4. The number of nitrogens with one attached hydrogen (secondary N) is 2. The molecule has 0 radical (unpaired) electrons. The van der Waals surface area contributed by atoms with Crippen molar-refractivity contribution < 1.29 is 4.42 Å². The van der Waals surface area contributed by atoms with Crippen molar-refractivity contribution in [1.82, 2.24) is 10.6 Å². The highest BCUT2D eigenvalue weighted by atomic mass is 32.1. The lowest BCUT2D eigenvalue weighted by atomic mass is 9.94. The SMILES string of the molecule is c1ccc(C2=N[C@H](c3cccc4oc5cc(-c6cc7sc8ccccc8c7c7ccccc67)ccc5c34)NC(c3cc4ccccc4c4ccccc34)N2)cc1. The Bertz CT molecular complexity index is 3400. The average Bonchev–Trinajstić information content (AvgIpc) is 3.84. The maximum atomic E-state index is 6.73. The third-order valence-corrected chi connectivity index (χ3v) is 12.7. The zero-order valence-corrected chi connectivity index (χ0v) is 31.0. The first-order valence-electron chi connectivity index (χ1n) is 19.1. The highest BCUT2D eigenvalue weighted by Crippen LogP contribution is 2.44. The van der Waals surface area contributed by atoms with E-state index in [1.807, 2.05) is 17.4 Å². The number of aliphatic imine (C=N–C) groups is 1. The molecule has 2 aromatic heterocycles. The Balaban J connectivity index is 1.02. The van der Waals surface area contributed by atoms with Gasteiger partial charge < -0.3 is 9.73 Å². The number of hydrogen-bond donors (Lipinski definition) is 2. The Morgan fingerprint density at radius 3 is 2.07 bits per heavy atom. The second-order valence-electron chi connectivity index (χ2n) is 14.7. The Kier molecular flexibility index (Phi) is 6.97. The highest BCUT2D eigenvalue weighted by Gasteiger charge is 2.29. The molecule has 0 spiro atoms. The number of fused-ring (bicyclic) bond motifs is 11. The molecule has 2 atom stereocenters. The molecule has 0 saturated carbocycles. The van der Waals surface area contributed by atoms with Gasteiger partial charge in [0.05, 0.1) is 0 Å². The normalized spacial score (nSPS) is 16.0. The third kappa shape index (κ3) is 4.85. The van der Waals surface area contributed by atoms with Gasteiger partial charge in [-0.15, -0.1) is 11.3 Å². The first-order valence-corrected chi connectivity index (χ1v) is 19.9. The van der Waals surface area contributed by atoms with Crippen molar-refractivity contribution >= 4 is 91.6 Å². The predicted octanol–water partition coefficient (Wildman–Crippen LogP) is 13.4. The maximum absolute atomic E-state index is 6.73. The third-order valence-electron chi connectivity index (χ3n) is 11.5. The molecule has 1 aliphatic rings. The van der Waals surface area contributed by atoms with Crippen LogP contribution in [-0.2, 0) is 0 Å². The average molecular weight is 736 g/mol. The summed E-state index contributed by atoms with van der Waals surface area (Å²) in [5.74, 6) is 0.854. The van der Waals surface area contributed by atoms with Crippen LogP contribution in [0.1, 0.15) is 29.0 Å². The maximum Gasteiger partial charge on any atom is 0.136 e. The zero-order chi connectivity index (χ0) is 36.7. The van der Waals surface area contributed by atoms with Crippen LogP contribution in [0, 0.1) is 0 Å². The second-order valence-corrected chi connectivity index (χ2v) is 15.8. The summed E-state index contributed by atoms with van der Waals surface area (Å²) in [5.41, 5.74) is 7.38. The standard InChI is InChI=1S/C51H33N3OS/c1-2-13-30(14-3-1)49-52-50(54-51(53-49)42-27-31-15-4-5-16-33(31)34-17-6-7-18-35(34)42)40-22-12-23-43-47(40)38-26-25-32(28-44(38)55-43)41-29-46-48(37-20-9-8-19-36(37)41)39-21-10-11-24-45(39)56-46/h1-29,50-51,54H,(H,52,53)/t50-,51?/m0/s1. The van der Waals surface area contributed by atoms with Crippen LogP contribution in [0.25, 0.3) is 85.6 Å². The number of thiophene rings is 1. The minimum atomic E-state index is -0.342. The van der Waals surface area contributed by atoms with Crippen molar-refractivity contribution in [3.8, 4) is 11.1 Å². The summed E-state index contributed by atoms with van der Waals surface area (Å²) < 4.78 is 9.34. The fraction of sp³-hybridized carbons (Fsp3) is 0.0392. The van der Waals surface area contributed by atoms with Crippen molar-refractivity contribution in [1.29, 1.82) is 0 Å².